The smallest absolute Gasteiger partial charge is 0.306 e. The minimum Gasteiger partial charge on any atom is -0.462 e. The lowest BCUT2D eigenvalue weighted by Crippen LogP contribution is -2.23. The predicted molar refractivity (Wildman–Crippen MR) is 44.9 cm³/mol. The zero-order valence-electron chi connectivity index (χ0n) is 7.91. The quantitative estimate of drug-likeness (QED) is 0.614. The van der Waals surface area contributed by atoms with Crippen LogP contribution in [0.25, 0.3) is 0 Å². The minimum atomic E-state index is -0.335. The van der Waals surface area contributed by atoms with E-state index >= 15 is 0 Å². The van der Waals surface area contributed by atoms with Gasteiger partial charge in [-0.1, -0.05) is 6.92 Å². The van der Waals surface area contributed by atoms with Crippen molar-refractivity contribution in [1.82, 2.24) is 0 Å². The normalized spacial score (nSPS) is 27.1. The summed E-state index contributed by atoms with van der Waals surface area (Å²) in [7, 11) is 0. The second-order valence-electron chi connectivity index (χ2n) is 3.20. The molecule has 0 unspecified atom stereocenters. The van der Waals surface area contributed by atoms with Gasteiger partial charge in [-0.2, -0.15) is 0 Å². The first-order valence-electron chi connectivity index (χ1n) is 4.46. The molecule has 0 aliphatic carbocycles. The van der Waals surface area contributed by atoms with Crippen LogP contribution in [0.5, 0.6) is 0 Å². The fourth-order valence-corrected chi connectivity index (χ4v) is 1.44. The van der Waals surface area contributed by atoms with E-state index in [9.17, 15) is 9.59 Å². The van der Waals surface area contributed by atoms with Gasteiger partial charge in [0, 0.05) is 12.8 Å². The van der Waals surface area contributed by atoms with E-state index in [4.69, 9.17) is 9.47 Å². The molecule has 0 aromatic rings. The lowest BCUT2D eigenvalue weighted by molar-refractivity contribution is -0.152. The van der Waals surface area contributed by atoms with Crippen molar-refractivity contribution in [2.24, 2.45) is 5.92 Å². The minimum absolute atomic E-state index is 0.191. The van der Waals surface area contributed by atoms with Crippen molar-refractivity contribution < 1.29 is 19.1 Å². The van der Waals surface area contributed by atoms with Crippen LogP contribution >= 0.6 is 0 Å². The summed E-state index contributed by atoms with van der Waals surface area (Å²) in [5.74, 6) is -0.325. The maximum absolute atomic E-state index is 10.9. The highest BCUT2D eigenvalue weighted by atomic mass is 16.6. The molecule has 1 saturated heterocycles. The SMILES string of the molecule is CC[C@H]1CC(=O)O[C@H]1COC(C)=O. The molecule has 1 heterocycles. The van der Waals surface area contributed by atoms with Crippen LogP contribution in [-0.2, 0) is 19.1 Å². The van der Waals surface area contributed by atoms with Gasteiger partial charge in [-0.3, -0.25) is 9.59 Å². The topological polar surface area (TPSA) is 52.6 Å². The van der Waals surface area contributed by atoms with E-state index in [1.54, 1.807) is 0 Å². The van der Waals surface area contributed by atoms with Crippen LogP contribution in [-0.4, -0.2) is 24.6 Å². The molecule has 74 valence electrons. The predicted octanol–water partition coefficient (Wildman–Crippen LogP) is 0.891. The molecule has 0 N–H and O–H groups in total. The monoisotopic (exact) mass is 186 g/mol. The van der Waals surface area contributed by atoms with Gasteiger partial charge in [0.25, 0.3) is 0 Å². The number of esters is 2. The van der Waals surface area contributed by atoms with Crippen molar-refractivity contribution in [3.8, 4) is 0 Å². The van der Waals surface area contributed by atoms with Gasteiger partial charge < -0.3 is 9.47 Å². The fraction of sp³-hybridized carbons (Fsp3) is 0.778. The van der Waals surface area contributed by atoms with Gasteiger partial charge in [0.1, 0.15) is 12.7 Å². The van der Waals surface area contributed by atoms with Crippen LogP contribution in [0.2, 0.25) is 0 Å². The van der Waals surface area contributed by atoms with E-state index < -0.39 is 0 Å². The summed E-state index contributed by atoms with van der Waals surface area (Å²) in [5, 5.41) is 0. The number of cyclic esters (lactones) is 1. The average Bonchev–Trinajstić information content (AvgIpc) is 2.42. The summed E-state index contributed by atoms with van der Waals surface area (Å²) < 4.78 is 9.79. The molecule has 4 heteroatoms. The first-order chi connectivity index (χ1) is 6.13. The largest absolute Gasteiger partial charge is 0.462 e. The Morgan fingerprint density at radius 3 is 2.92 bits per heavy atom. The van der Waals surface area contributed by atoms with Gasteiger partial charge in [-0.05, 0) is 6.42 Å². The standard InChI is InChI=1S/C9H14O4/c1-3-7-4-9(11)13-8(7)5-12-6(2)10/h7-8H,3-5H2,1-2H3/t7-,8-/m0/s1. The Morgan fingerprint density at radius 2 is 2.38 bits per heavy atom. The third kappa shape index (κ3) is 2.72. The molecule has 1 fully saturated rings. The van der Waals surface area contributed by atoms with Gasteiger partial charge in [-0.15, -0.1) is 0 Å². The van der Waals surface area contributed by atoms with Crippen molar-refractivity contribution in [3.05, 3.63) is 0 Å². The Kier molecular flexibility index (Phi) is 3.28. The molecule has 1 aliphatic rings. The zero-order valence-corrected chi connectivity index (χ0v) is 7.91. The first-order valence-corrected chi connectivity index (χ1v) is 4.46. The van der Waals surface area contributed by atoms with Crippen molar-refractivity contribution in [3.63, 3.8) is 0 Å². The first kappa shape index (κ1) is 10.0. The second kappa shape index (κ2) is 4.25. The van der Waals surface area contributed by atoms with Gasteiger partial charge >= 0.3 is 11.9 Å². The average molecular weight is 186 g/mol. The van der Waals surface area contributed by atoms with Crippen LogP contribution < -0.4 is 0 Å². The Bertz CT molecular complexity index is 212. The molecule has 0 bridgehead atoms. The molecule has 0 radical (unpaired) electrons. The van der Waals surface area contributed by atoms with E-state index in [0.717, 1.165) is 6.42 Å². The van der Waals surface area contributed by atoms with Crippen LogP contribution in [0.1, 0.15) is 26.7 Å². The number of hydrogen-bond donors (Lipinski definition) is 0. The molecule has 13 heavy (non-hydrogen) atoms. The lowest BCUT2D eigenvalue weighted by atomic mass is 9.99. The van der Waals surface area contributed by atoms with Gasteiger partial charge in [0.2, 0.25) is 0 Å². The van der Waals surface area contributed by atoms with Crippen molar-refractivity contribution in [2.75, 3.05) is 6.61 Å². The molecular weight excluding hydrogens is 172 g/mol. The third-order valence-corrected chi connectivity index (χ3v) is 2.21. The molecule has 0 spiro atoms. The van der Waals surface area contributed by atoms with E-state index in [1.807, 2.05) is 6.92 Å². The molecule has 1 aliphatic heterocycles. The maximum atomic E-state index is 10.9. The van der Waals surface area contributed by atoms with Gasteiger partial charge in [0.15, 0.2) is 0 Å². The van der Waals surface area contributed by atoms with Crippen LogP contribution in [0.3, 0.4) is 0 Å². The third-order valence-electron chi connectivity index (χ3n) is 2.21. The Morgan fingerprint density at radius 1 is 1.69 bits per heavy atom. The Labute approximate surface area is 77.2 Å². The maximum Gasteiger partial charge on any atom is 0.306 e. The molecule has 4 nitrogen and oxygen atoms in total. The van der Waals surface area contributed by atoms with Crippen LogP contribution in [0.4, 0.5) is 0 Å². The molecule has 0 aromatic heterocycles. The molecule has 0 amide bonds. The summed E-state index contributed by atoms with van der Waals surface area (Å²) in [6.45, 7) is 3.53. The van der Waals surface area contributed by atoms with E-state index in [0.29, 0.717) is 6.42 Å². The lowest BCUT2D eigenvalue weighted by Gasteiger charge is -2.14. The van der Waals surface area contributed by atoms with Crippen LogP contribution in [0.15, 0.2) is 0 Å². The van der Waals surface area contributed by atoms with Gasteiger partial charge in [0.05, 0.1) is 6.42 Å². The highest BCUT2D eigenvalue weighted by Crippen LogP contribution is 2.25. The fourth-order valence-electron chi connectivity index (χ4n) is 1.44. The zero-order chi connectivity index (χ0) is 9.84. The summed E-state index contributed by atoms with van der Waals surface area (Å²) in [6.07, 6.45) is 1.08. The number of hydrogen-bond acceptors (Lipinski definition) is 4. The highest BCUT2D eigenvalue weighted by Gasteiger charge is 2.33. The van der Waals surface area contributed by atoms with E-state index in [2.05, 4.69) is 0 Å². The number of rotatable bonds is 3. The molecule has 1 rings (SSSR count). The highest BCUT2D eigenvalue weighted by molar-refractivity contribution is 5.72. The Balaban J connectivity index is 2.39. The van der Waals surface area contributed by atoms with Crippen molar-refractivity contribution in [1.29, 1.82) is 0 Å². The van der Waals surface area contributed by atoms with E-state index in [-0.39, 0.29) is 30.6 Å². The van der Waals surface area contributed by atoms with E-state index in [1.165, 1.54) is 6.92 Å². The summed E-state index contributed by atoms with van der Waals surface area (Å²) >= 11 is 0. The number of ether oxygens (including phenoxy) is 2. The number of carbonyl (C=O) groups excluding carboxylic acids is 2. The van der Waals surface area contributed by atoms with Crippen LogP contribution in [0, 0.1) is 5.92 Å². The summed E-state index contributed by atoms with van der Waals surface area (Å²) in [6, 6.07) is 0. The number of carbonyl (C=O) groups is 2. The second-order valence-corrected chi connectivity index (χ2v) is 3.20. The summed E-state index contributed by atoms with van der Waals surface area (Å²) in [4.78, 5) is 21.4. The summed E-state index contributed by atoms with van der Waals surface area (Å²) in [5.41, 5.74) is 0. The van der Waals surface area contributed by atoms with Crippen molar-refractivity contribution >= 4 is 11.9 Å². The van der Waals surface area contributed by atoms with Gasteiger partial charge in [-0.25, -0.2) is 0 Å². The Hall–Kier alpha value is -1.06. The molecule has 2 atom stereocenters. The van der Waals surface area contributed by atoms with Crippen molar-refractivity contribution in [2.45, 2.75) is 32.8 Å². The molecular formula is C9H14O4. The molecule has 0 saturated carbocycles. The molecule has 0 aromatic carbocycles.